The SMILES string of the molecule is CN(C)C(CNC(=O)c1ccc2c(=O)n(-c3ccccc3)c(=O)[nH]c2c1)c1ccco1. The van der Waals surface area contributed by atoms with Crippen molar-refractivity contribution in [1.29, 1.82) is 0 Å². The molecule has 2 heterocycles. The summed E-state index contributed by atoms with van der Waals surface area (Å²) in [5, 5.41) is 3.20. The van der Waals surface area contributed by atoms with Crippen LogP contribution in [0.25, 0.3) is 16.6 Å². The molecule has 8 nitrogen and oxygen atoms in total. The van der Waals surface area contributed by atoms with Crippen molar-refractivity contribution >= 4 is 16.8 Å². The van der Waals surface area contributed by atoms with Crippen LogP contribution in [-0.4, -0.2) is 41.0 Å². The highest BCUT2D eigenvalue weighted by molar-refractivity contribution is 5.97. The number of likely N-dealkylation sites (N-methyl/N-ethyl adjacent to an activating group) is 1. The maximum Gasteiger partial charge on any atom is 0.333 e. The molecule has 4 rings (SSSR count). The highest BCUT2D eigenvalue weighted by atomic mass is 16.3. The molecule has 0 spiro atoms. The van der Waals surface area contributed by atoms with E-state index in [1.54, 1.807) is 54.8 Å². The van der Waals surface area contributed by atoms with Gasteiger partial charge in [-0.3, -0.25) is 14.5 Å². The molecule has 0 aliphatic rings. The number of benzene rings is 2. The number of para-hydroxylation sites is 1. The van der Waals surface area contributed by atoms with Crippen LogP contribution >= 0.6 is 0 Å². The number of aromatic nitrogens is 2. The number of nitrogens with zero attached hydrogens (tertiary/aromatic N) is 2. The number of aromatic amines is 1. The van der Waals surface area contributed by atoms with Crippen LogP contribution in [0.3, 0.4) is 0 Å². The second-order valence-electron chi connectivity index (χ2n) is 7.37. The minimum absolute atomic E-state index is 0.128. The first-order valence-electron chi connectivity index (χ1n) is 9.78. The number of carbonyl (C=O) groups excluding carboxylic acids is 1. The molecule has 2 aromatic heterocycles. The second-order valence-corrected chi connectivity index (χ2v) is 7.37. The normalized spacial score (nSPS) is 12.2. The molecule has 8 heteroatoms. The molecule has 0 aliphatic carbocycles. The minimum Gasteiger partial charge on any atom is -0.468 e. The van der Waals surface area contributed by atoms with E-state index in [-0.39, 0.29) is 11.9 Å². The Morgan fingerprint density at radius 2 is 1.87 bits per heavy atom. The molecule has 1 atom stereocenters. The van der Waals surface area contributed by atoms with Gasteiger partial charge >= 0.3 is 5.69 Å². The smallest absolute Gasteiger partial charge is 0.333 e. The van der Waals surface area contributed by atoms with Gasteiger partial charge in [0, 0.05) is 12.1 Å². The summed E-state index contributed by atoms with van der Waals surface area (Å²) in [6, 6.07) is 16.9. The van der Waals surface area contributed by atoms with Crippen molar-refractivity contribution in [3.05, 3.63) is 99.1 Å². The first kappa shape index (κ1) is 20.4. The van der Waals surface area contributed by atoms with E-state index in [0.717, 1.165) is 10.3 Å². The zero-order valence-corrected chi connectivity index (χ0v) is 17.2. The zero-order valence-electron chi connectivity index (χ0n) is 17.2. The summed E-state index contributed by atoms with van der Waals surface area (Å²) < 4.78 is 6.53. The molecule has 0 aliphatic heterocycles. The van der Waals surface area contributed by atoms with Crippen LogP contribution in [-0.2, 0) is 0 Å². The number of nitrogens with one attached hydrogen (secondary N) is 2. The lowest BCUT2D eigenvalue weighted by Crippen LogP contribution is -2.35. The molecule has 31 heavy (non-hydrogen) atoms. The van der Waals surface area contributed by atoms with E-state index >= 15 is 0 Å². The maximum absolute atomic E-state index is 12.9. The summed E-state index contributed by atoms with van der Waals surface area (Å²) in [6.45, 7) is 0.337. The van der Waals surface area contributed by atoms with Crippen molar-refractivity contribution < 1.29 is 9.21 Å². The van der Waals surface area contributed by atoms with Crippen molar-refractivity contribution in [1.82, 2.24) is 19.8 Å². The fourth-order valence-corrected chi connectivity index (χ4v) is 3.48. The predicted molar refractivity (Wildman–Crippen MR) is 118 cm³/mol. The van der Waals surface area contributed by atoms with Gasteiger partial charge in [0.2, 0.25) is 0 Å². The summed E-state index contributed by atoms with van der Waals surface area (Å²) in [4.78, 5) is 42.8. The van der Waals surface area contributed by atoms with Crippen molar-refractivity contribution in [3.8, 4) is 5.69 Å². The van der Waals surface area contributed by atoms with E-state index < -0.39 is 11.2 Å². The summed E-state index contributed by atoms with van der Waals surface area (Å²) >= 11 is 0. The summed E-state index contributed by atoms with van der Waals surface area (Å²) in [5.74, 6) is 0.433. The van der Waals surface area contributed by atoms with Crippen molar-refractivity contribution in [2.24, 2.45) is 0 Å². The van der Waals surface area contributed by atoms with Crippen LogP contribution in [0.1, 0.15) is 22.2 Å². The summed E-state index contributed by atoms with van der Waals surface area (Å²) in [5.41, 5.74) is 0.126. The Hall–Kier alpha value is -3.91. The first-order chi connectivity index (χ1) is 15.0. The van der Waals surface area contributed by atoms with Crippen LogP contribution in [0.5, 0.6) is 0 Å². The topological polar surface area (TPSA) is 100 Å². The van der Waals surface area contributed by atoms with E-state index in [0.29, 0.717) is 28.7 Å². The molecule has 4 aromatic rings. The third kappa shape index (κ3) is 4.06. The van der Waals surface area contributed by atoms with Gasteiger partial charge in [-0.1, -0.05) is 18.2 Å². The molecule has 1 amide bonds. The van der Waals surface area contributed by atoms with Crippen LogP contribution in [0.2, 0.25) is 0 Å². The average Bonchev–Trinajstić information content (AvgIpc) is 3.28. The quantitative estimate of drug-likeness (QED) is 0.501. The number of furan rings is 1. The zero-order chi connectivity index (χ0) is 22.0. The van der Waals surface area contributed by atoms with Gasteiger partial charge < -0.3 is 14.7 Å². The van der Waals surface area contributed by atoms with Gasteiger partial charge in [-0.25, -0.2) is 9.36 Å². The Balaban J connectivity index is 1.61. The second kappa shape index (κ2) is 8.45. The van der Waals surface area contributed by atoms with Crippen molar-refractivity contribution in [2.45, 2.75) is 6.04 Å². The predicted octanol–water partition coefficient (Wildman–Crippen LogP) is 2.30. The number of H-pyrrole nitrogens is 1. The Morgan fingerprint density at radius 3 is 2.55 bits per heavy atom. The van der Waals surface area contributed by atoms with Gasteiger partial charge in [-0.15, -0.1) is 0 Å². The van der Waals surface area contributed by atoms with E-state index in [2.05, 4.69) is 10.3 Å². The lowest BCUT2D eigenvalue weighted by Gasteiger charge is -2.22. The fourth-order valence-electron chi connectivity index (χ4n) is 3.48. The van der Waals surface area contributed by atoms with Crippen LogP contribution < -0.4 is 16.6 Å². The lowest BCUT2D eigenvalue weighted by atomic mass is 10.1. The number of fused-ring (bicyclic) bond motifs is 1. The van der Waals surface area contributed by atoms with Crippen LogP contribution in [0.4, 0.5) is 0 Å². The highest BCUT2D eigenvalue weighted by Crippen LogP contribution is 2.18. The Labute approximate surface area is 177 Å². The Morgan fingerprint density at radius 1 is 1.10 bits per heavy atom. The number of hydrogen-bond donors (Lipinski definition) is 2. The molecule has 2 N–H and O–H groups in total. The van der Waals surface area contributed by atoms with Gasteiger partial charge in [0.1, 0.15) is 5.76 Å². The molecule has 2 aromatic carbocycles. The number of hydrogen-bond acceptors (Lipinski definition) is 5. The highest BCUT2D eigenvalue weighted by Gasteiger charge is 2.19. The molecule has 0 bridgehead atoms. The van der Waals surface area contributed by atoms with Crippen molar-refractivity contribution in [3.63, 3.8) is 0 Å². The van der Waals surface area contributed by atoms with Crippen molar-refractivity contribution in [2.75, 3.05) is 20.6 Å². The average molecular weight is 418 g/mol. The third-order valence-electron chi connectivity index (χ3n) is 5.13. The molecule has 0 saturated heterocycles. The molecule has 158 valence electrons. The van der Waals surface area contributed by atoms with E-state index in [9.17, 15) is 14.4 Å². The Kier molecular flexibility index (Phi) is 5.55. The first-order valence-corrected chi connectivity index (χ1v) is 9.78. The van der Waals surface area contributed by atoms with Crippen LogP contribution in [0.15, 0.2) is 80.9 Å². The largest absolute Gasteiger partial charge is 0.468 e. The van der Waals surface area contributed by atoms with Gasteiger partial charge in [0.25, 0.3) is 11.5 Å². The van der Waals surface area contributed by atoms with Gasteiger partial charge in [0.05, 0.1) is 28.9 Å². The molecule has 0 saturated carbocycles. The van der Waals surface area contributed by atoms with E-state index in [1.165, 1.54) is 6.07 Å². The minimum atomic E-state index is -0.563. The van der Waals surface area contributed by atoms with E-state index in [1.807, 2.05) is 25.1 Å². The van der Waals surface area contributed by atoms with Gasteiger partial charge in [0.15, 0.2) is 0 Å². The molecule has 0 fully saturated rings. The standard InChI is InChI=1S/C23H22N4O4/c1-26(2)19(20-9-6-12-31-20)14-24-21(28)15-10-11-17-18(13-15)25-23(30)27(22(17)29)16-7-4-3-5-8-16/h3-13,19H,14H2,1-2H3,(H,24,28)(H,25,30). The monoisotopic (exact) mass is 418 g/mol. The maximum atomic E-state index is 12.9. The molecule has 0 radical (unpaired) electrons. The van der Waals surface area contributed by atoms with Gasteiger partial charge in [-0.05, 0) is 56.6 Å². The van der Waals surface area contributed by atoms with E-state index in [4.69, 9.17) is 4.42 Å². The number of rotatable bonds is 6. The molecule has 1 unspecified atom stereocenters. The Bertz CT molecular complexity index is 1320. The molecular weight excluding hydrogens is 396 g/mol. The number of carbonyl (C=O) groups is 1. The fraction of sp³-hybridized carbons (Fsp3) is 0.174. The lowest BCUT2D eigenvalue weighted by molar-refractivity contribution is 0.0939. The summed E-state index contributed by atoms with van der Waals surface area (Å²) in [7, 11) is 3.80. The summed E-state index contributed by atoms with van der Waals surface area (Å²) in [6.07, 6.45) is 1.59. The van der Waals surface area contributed by atoms with Gasteiger partial charge in [-0.2, -0.15) is 0 Å². The van der Waals surface area contributed by atoms with Crippen LogP contribution in [0, 0.1) is 0 Å². The molecular formula is C23H22N4O4. The number of amides is 1. The third-order valence-corrected chi connectivity index (χ3v) is 5.13.